The maximum atomic E-state index is 12.5. The van der Waals surface area contributed by atoms with Gasteiger partial charge in [0.25, 0.3) is 5.91 Å². The number of furan rings is 1. The largest absolute Gasteiger partial charge is 0.464 e. The monoisotopic (exact) mass is 284 g/mol. The molecule has 3 heterocycles. The Bertz CT molecular complexity index is 803. The van der Waals surface area contributed by atoms with Crippen LogP contribution in [0.25, 0.3) is 5.65 Å². The average molecular weight is 284 g/mol. The molecule has 6 nitrogen and oxygen atoms in total. The third-order valence-electron chi connectivity index (χ3n) is 3.33. The predicted octanol–water partition coefficient (Wildman–Crippen LogP) is 2.43. The first-order valence-corrected chi connectivity index (χ1v) is 6.73. The molecular weight excluding hydrogens is 268 g/mol. The summed E-state index contributed by atoms with van der Waals surface area (Å²) in [4.78, 5) is 16.7. The van der Waals surface area contributed by atoms with Crippen LogP contribution in [0, 0.1) is 13.8 Å². The fourth-order valence-corrected chi connectivity index (χ4v) is 2.29. The minimum Gasteiger partial charge on any atom is -0.464 e. The topological polar surface area (TPSA) is 72.4 Å². The number of rotatable bonds is 3. The molecule has 1 unspecified atom stereocenters. The summed E-state index contributed by atoms with van der Waals surface area (Å²) in [6.07, 6.45) is 3.41. The van der Waals surface area contributed by atoms with Crippen LogP contribution in [0.3, 0.4) is 0 Å². The van der Waals surface area contributed by atoms with Crippen molar-refractivity contribution in [2.24, 2.45) is 0 Å². The van der Waals surface area contributed by atoms with E-state index in [9.17, 15) is 4.79 Å². The van der Waals surface area contributed by atoms with E-state index in [0.717, 1.165) is 11.5 Å². The van der Waals surface area contributed by atoms with Gasteiger partial charge in [0.1, 0.15) is 17.1 Å². The number of hydrogen-bond donors (Lipinski definition) is 1. The van der Waals surface area contributed by atoms with E-state index in [1.807, 2.05) is 26.0 Å². The van der Waals surface area contributed by atoms with E-state index in [4.69, 9.17) is 4.42 Å². The lowest BCUT2D eigenvalue weighted by atomic mass is 10.2. The molecule has 0 aliphatic carbocycles. The molecular formula is C15H16N4O2. The summed E-state index contributed by atoms with van der Waals surface area (Å²) in [7, 11) is 0. The summed E-state index contributed by atoms with van der Waals surface area (Å²) in [5.41, 5.74) is 1.69. The van der Waals surface area contributed by atoms with Crippen molar-refractivity contribution in [3.63, 3.8) is 0 Å². The van der Waals surface area contributed by atoms with E-state index in [0.29, 0.717) is 16.9 Å². The minimum atomic E-state index is -0.218. The van der Waals surface area contributed by atoms with Crippen LogP contribution in [0.4, 0.5) is 0 Å². The normalized spacial score (nSPS) is 12.5. The van der Waals surface area contributed by atoms with Gasteiger partial charge in [0.2, 0.25) is 0 Å². The summed E-state index contributed by atoms with van der Waals surface area (Å²) in [6.45, 7) is 5.55. The van der Waals surface area contributed by atoms with Crippen molar-refractivity contribution >= 4 is 11.6 Å². The number of hydrogen-bond acceptors (Lipinski definition) is 4. The number of amides is 1. The highest BCUT2D eigenvalue weighted by atomic mass is 16.3. The predicted molar refractivity (Wildman–Crippen MR) is 77.1 cm³/mol. The van der Waals surface area contributed by atoms with E-state index < -0.39 is 0 Å². The molecule has 0 saturated carbocycles. The minimum absolute atomic E-state index is 0.206. The van der Waals surface area contributed by atoms with Crippen LogP contribution in [0.1, 0.15) is 40.5 Å². The van der Waals surface area contributed by atoms with Crippen LogP contribution in [-0.4, -0.2) is 20.5 Å². The summed E-state index contributed by atoms with van der Waals surface area (Å²) in [5.74, 6) is 1.34. The van der Waals surface area contributed by atoms with Crippen molar-refractivity contribution < 1.29 is 9.21 Å². The Morgan fingerprint density at radius 1 is 1.38 bits per heavy atom. The molecule has 0 spiro atoms. The van der Waals surface area contributed by atoms with Crippen LogP contribution < -0.4 is 5.32 Å². The second-order valence-electron chi connectivity index (χ2n) is 4.99. The van der Waals surface area contributed by atoms with Gasteiger partial charge in [-0.15, -0.1) is 0 Å². The molecule has 0 bridgehead atoms. The van der Waals surface area contributed by atoms with E-state index in [1.54, 1.807) is 29.9 Å². The zero-order valence-electron chi connectivity index (χ0n) is 12.1. The lowest BCUT2D eigenvalue weighted by molar-refractivity contribution is 0.0936. The molecule has 0 saturated heterocycles. The molecule has 0 aliphatic rings. The lowest BCUT2D eigenvalue weighted by Gasteiger charge is -2.11. The highest BCUT2D eigenvalue weighted by Gasteiger charge is 2.21. The van der Waals surface area contributed by atoms with Gasteiger partial charge in [-0.25, -0.2) is 9.50 Å². The molecule has 3 rings (SSSR count). The maximum Gasteiger partial charge on any atom is 0.257 e. The van der Waals surface area contributed by atoms with Gasteiger partial charge in [0.15, 0.2) is 5.65 Å². The van der Waals surface area contributed by atoms with Gasteiger partial charge in [-0.2, -0.15) is 5.10 Å². The van der Waals surface area contributed by atoms with Crippen molar-refractivity contribution in [1.29, 1.82) is 0 Å². The lowest BCUT2D eigenvalue weighted by Crippen LogP contribution is -2.27. The quantitative estimate of drug-likeness (QED) is 0.801. The molecule has 0 fully saturated rings. The van der Waals surface area contributed by atoms with Gasteiger partial charge < -0.3 is 9.73 Å². The zero-order chi connectivity index (χ0) is 15.0. The molecule has 0 radical (unpaired) electrons. The highest BCUT2D eigenvalue weighted by Crippen LogP contribution is 2.18. The Morgan fingerprint density at radius 2 is 2.19 bits per heavy atom. The summed E-state index contributed by atoms with van der Waals surface area (Å²) in [5, 5.41) is 7.21. The molecule has 1 N–H and O–H groups in total. The van der Waals surface area contributed by atoms with Crippen LogP contribution in [-0.2, 0) is 0 Å². The van der Waals surface area contributed by atoms with Gasteiger partial charge in [-0.3, -0.25) is 4.79 Å². The fraction of sp³-hybridized carbons (Fsp3) is 0.267. The van der Waals surface area contributed by atoms with E-state index in [1.165, 1.54) is 0 Å². The molecule has 1 atom stereocenters. The number of carbonyl (C=O) groups excluding carboxylic acids is 1. The standard InChI is InChI=1S/C15H16N4O2/c1-9-5-6-12(21-9)10(2)17-15(20)13-11(3)18-19-8-4-7-16-14(13)19/h4-8,10H,1-3H3,(H,17,20). The van der Waals surface area contributed by atoms with Gasteiger partial charge in [-0.1, -0.05) is 0 Å². The average Bonchev–Trinajstić information content (AvgIpc) is 3.01. The second-order valence-corrected chi connectivity index (χ2v) is 4.99. The number of aryl methyl sites for hydroxylation is 2. The molecule has 21 heavy (non-hydrogen) atoms. The molecule has 3 aromatic rings. The second kappa shape index (κ2) is 5.05. The Kier molecular flexibility index (Phi) is 3.21. The fourth-order valence-electron chi connectivity index (χ4n) is 2.29. The third kappa shape index (κ3) is 2.40. The maximum absolute atomic E-state index is 12.5. The Labute approximate surface area is 121 Å². The van der Waals surface area contributed by atoms with Gasteiger partial charge >= 0.3 is 0 Å². The summed E-state index contributed by atoms with van der Waals surface area (Å²) < 4.78 is 7.13. The Balaban J connectivity index is 1.89. The number of nitrogens with zero attached hydrogens (tertiary/aromatic N) is 3. The summed E-state index contributed by atoms with van der Waals surface area (Å²) in [6, 6.07) is 5.29. The van der Waals surface area contributed by atoms with Crippen LogP contribution in [0.15, 0.2) is 35.0 Å². The molecule has 0 aromatic carbocycles. The van der Waals surface area contributed by atoms with E-state index in [2.05, 4.69) is 15.4 Å². The zero-order valence-corrected chi connectivity index (χ0v) is 12.1. The SMILES string of the molecule is Cc1ccc(C(C)NC(=O)c2c(C)nn3cccnc23)o1. The van der Waals surface area contributed by atoms with Gasteiger partial charge in [-0.05, 0) is 39.0 Å². The van der Waals surface area contributed by atoms with Crippen molar-refractivity contribution in [3.8, 4) is 0 Å². The van der Waals surface area contributed by atoms with Crippen molar-refractivity contribution in [2.75, 3.05) is 0 Å². The van der Waals surface area contributed by atoms with Crippen molar-refractivity contribution in [3.05, 3.63) is 53.4 Å². The van der Waals surface area contributed by atoms with Crippen LogP contribution >= 0.6 is 0 Å². The number of nitrogens with one attached hydrogen (secondary N) is 1. The van der Waals surface area contributed by atoms with Crippen LogP contribution in [0.5, 0.6) is 0 Å². The first-order valence-electron chi connectivity index (χ1n) is 6.73. The highest BCUT2D eigenvalue weighted by molar-refractivity contribution is 6.01. The van der Waals surface area contributed by atoms with Crippen molar-refractivity contribution in [2.45, 2.75) is 26.8 Å². The van der Waals surface area contributed by atoms with Crippen molar-refractivity contribution in [1.82, 2.24) is 19.9 Å². The number of carbonyl (C=O) groups is 1. The Morgan fingerprint density at radius 3 is 2.90 bits per heavy atom. The number of fused-ring (bicyclic) bond motifs is 1. The summed E-state index contributed by atoms with van der Waals surface area (Å²) >= 11 is 0. The molecule has 3 aromatic heterocycles. The molecule has 108 valence electrons. The van der Waals surface area contributed by atoms with Crippen LogP contribution in [0.2, 0.25) is 0 Å². The first-order chi connectivity index (χ1) is 10.1. The first kappa shape index (κ1) is 13.4. The Hall–Kier alpha value is -2.63. The molecule has 0 aliphatic heterocycles. The van der Waals surface area contributed by atoms with Gasteiger partial charge in [0.05, 0.1) is 11.7 Å². The molecule has 6 heteroatoms. The van der Waals surface area contributed by atoms with Gasteiger partial charge in [0, 0.05) is 12.4 Å². The van der Waals surface area contributed by atoms with E-state index >= 15 is 0 Å². The third-order valence-corrected chi connectivity index (χ3v) is 3.33. The number of aromatic nitrogens is 3. The molecule has 1 amide bonds. The van der Waals surface area contributed by atoms with E-state index in [-0.39, 0.29) is 11.9 Å². The smallest absolute Gasteiger partial charge is 0.257 e.